The second-order valence-corrected chi connectivity index (χ2v) is 5.78. The van der Waals surface area contributed by atoms with E-state index in [9.17, 15) is 4.79 Å². The van der Waals surface area contributed by atoms with Crippen LogP contribution in [0.3, 0.4) is 0 Å². The zero-order chi connectivity index (χ0) is 14.4. The molecular formula is C16H26N2O. The lowest BCUT2D eigenvalue weighted by molar-refractivity contribution is -0.135. The van der Waals surface area contributed by atoms with E-state index in [0.29, 0.717) is 12.5 Å². The molecule has 0 spiro atoms. The SMILES string of the molecule is CC(C)C[C@H](N)C(=O)N(Cc1ccccc1)C(C)C. The van der Waals surface area contributed by atoms with Gasteiger partial charge in [-0.3, -0.25) is 4.79 Å². The largest absolute Gasteiger partial charge is 0.335 e. The maximum Gasteiger partial charge on any atom is 0.240 e. The minimum atomic E-state index is -0.397. The Morgan fingerprint density at radius 2 is 1.74 bits per heavy atom. The second-order valence-electron chi connectivity index (χ2n) is 5.78. The Balaban J connectivity index is 2.75. The van der Waals surface area contributed by atoms with E-state index in [2.05, 4.69) is 13.8 Å². The van der Waals surface area contributed by atoms with Crippen molar-refractivity contribution in [2.75, 3.05) is 0 Å². The van der Waals surface area contributed by atoms with Crippen molar-refractivity contribution in [2.24, 2.45) is 11.7 Å². The van der Waals surface area contributed by atoms with Crippen molar-refractivity contribution >= 4 is 5.91 Å². The van der Waals surface area contributed by atoms with Gasteiger partial charge in [-0.05, 0) is 31.7 Å². The molecule has 106 valence electrons. The molecule has 0 saturated heterocycles. The Bertz CT molecular complexity index is 387. The molecule has 0 aliphatic carbocycles. The highest BCUT2D eigenvalue weighted by Gasteiger charge is 2.23. The lowest BCUT2D eigenvalue weighted by atomic mass is 10.0. The van der Waals surface area contributed by atoms with Crippen LogP contribution in [-0.2, 0) is 11.3 Å². The van der Waals surface area contributed by atoms with Crippen molar-refractivity contribution in [1.29, 1.82) is 0 Å². The van der Waals surface area contributed by atoms with Gasteiger partial charge in [-0.2, -0.15) is 0 Å². The van der Waals surface area contributed by atoms with Gasteiger partial charge in [0, 0.05) is 12.6 Å². The van der Waals surface area contributed by atoms with Gasteiger partial charge in [-0.25, -0.2) is 0 Å². The van der Waals surface area contributed by atoms with Crippen LogP contribution in [0.15, 0.2) is 30.3 Å². The van der Waals surface area contributed by atoms with Gasteiger partial charge in [0.05, 0.1) is 6.04 Å². The predicted molar refractivity (Wildman–Crippen MR) is 79.6 cm³/mol. The normalized spacial score (nSPS) is 12.8. The van der Waals surface area contributed by atoms with Crippen LogP contribution >= 0.6 is 0 Å². The minimum Gasteiger partial charge on any atom is -0.335 e. The molecule has 3 nitrogen and oxygen atoms in total. The molecule has 1 amide bonds. The van der Waals surface area contributed by atoms with Gasteiger partial charge in [-0.15, -0.1) is 0 Å². The number of hydrogen-bond donors (Lipinski definition) is 1. The van der Waals surface area contributed by atoms with Crippen molar-refractivity contribution in [3.8, 4) is 0 Å². The summed E-state index contributed by atoms with van der Waals surface area (Å²) in [7, 11) is 0. The molecule has 0 unspecified atom stereocenters. The van der Waals surface area contributed by atoms with Gasteiger partial charge >= 0.3 is 0 Å². The first kappa shape index (κ1) is 15.7. The molecule has 1 aromatic rings. The summed E-state index contributed by atoms with van der Waals surface area (Å²) in [6.45, 7) is 8.86. The lowest BCUT2D eigenvalue weighted by Gasteiger charge is -2.30. The smallest absolute Gasteiger partial charge is 0.240 e. The number of rotatable bonds is 6. The number of carbonyl (C=O) groups is 1. The fourth-order valence-corrected chi connectivity index (χ4v) is 2.12. The summed E-state index contributed by atoms with van der Waals surface area (Å²) in [6, 6.07) is 9.80. The molecule has 0 heterocycles. The van der Waals surface area contributed by atoms with E-state index in [1.165, 1.54) is 0 Å². The van der Waals surface area contributed by atoms with E-state index in [-0.39, 0.29) is 11.9 Å². The molecule has 1 aromatic carbocycles. The molecule has 3 heteroatoms. The molecule has 0 aromatic heterocycles. The number of amides is 1. The fraction of sp³-hybridized carbons (Fsp3) is 0.562. The highest BCUT2D eigenvalue weighted by Crippen LogP contribution is 2.12. The topological polar surface area (TPSA) is 46.3 Å². The van der Waals surface area contributed by atoms with Crippen molar-refractivity contribution in [3.63, 3.8) is 0 Å². The third kappa shape index (κ3) is 5.03. The number of nitrogens with two attached hydrogens (primary N) is 1. The third-order valence-electron chi connectivity index (χ3n) is 3.14. The molecule has 0 aliphatic rings. The van der Waals surface area contributed by atoms with Crippen LogP contribution in [0.1, 0.15) is 39.7 Å². The zero-order valence-electron chi connectivity index (χ0n) is 12.5. The Hall–Kier alpha value is -1.35. The van der Waals surface area contributed by atoms with Crippen LogP contribution in [0, 0.1) is 5.92 Å². The Labute approximate surface area is 116 Å². The van der Waals surface area contributed by atoms with E-state index in [0.717, 1.165) is 12.0 Å². The number of hydrogen-bond acceptors (Lipinski definition) is 2. The lowest BCUT2D eigenvalue weighted by Crippen LogP contribution is -2.47. The first-order valence-corrected chi connectivity index (χ1v) is 7.01. The first-order chi connectivity index (χ1) is 8.91. The van der Waals surface area contributed by atoms with Crippen molar-refractivity contribution < 1.29 is 4.79 Å². The van der Waals surface area contributed by atoms with Gasteiger partial charge in [0.1, 0.15) is 0 Å². The summed E-state index contributed by atoms with van der Waals surface area (Å²) in [6.07, 6.45) is 0.733. The molecular weight excluding hydrogens is 236 g/mol. The highest BCUT2D eigenvalue weighted by molar-refractivity contribution is 5.81. The molecule has 2 N–H and O–H groups in total. The van der Waals surface area contributed by atoms with Crippen LogP contribution in [-0.4, -0.2) is 22.9 Å². The standard InChI is InChI=1S/C16H26N2O/c1-12(2)10-15(17)16(19)18(13(3)4)11-14-8-6-5-7-9-14/h5-9,12-13,15H,10-11,17H2,1-4H3/t15-/m0/s1. The average molecular weight is 262 g/mol. The molecule has 0 radical (unpaired) electrons. The molecule has 0 saturated carbocycles. The molecule has 0 bridgehead atoms. The summed E-state index contributed by atoms with van der Waals surface area (Å²) in [4.78, 5) is 14.3. The fourth-order valence-electron chi connectivity index (χ4n) is 2.12. The van der Waals surface area contributed by atoms with Crippen LogP contribution in [0.5, 0.6) is 0 Å². The number of nitrogens with zero attached hydrogens (tertiary/aromatic N) is 1. The van der Waals surface area contributed by atoms with Crippen LogP contribution < -0.4 is 5.73 Å². The van der Waals surface area contributed by atoms with Crippen LogP contribution in [0.2, 0.25) is 0 Å². The van der Waals surface area contributed by atoms with E-state index < -0.39 is 6.04 Å². The van der Waals surface area contributed by atoms with Gasteiger partial charge in [-0.1, -0.05) is 44.2 Å². The zero-order valence-corrected chi connectivity index (χ0v) is 12.5. The van der Waals surface area contributed by atoms with E-state index >= 15 is 0 Å². The molecule has 0 aliphatic heterocycles. The average Bonchev–Trinajstić information content (AvgIpc) is 2.35. The van der Waals surface area contributed by atoms with Crippen LogP contribution in [0.25, 0.3) is 0 Å². The molecule has 1 rings (SSSR count). The molecule has 1 atom stereocenters. The molecule has 19 heavy (non-hydrogen) atoms. The van der Waals surface area contributed by atoms with Gasteiger partial charge in [0.2, 0.25) is 5.91 Å². The van der Waals surface area contributed by atoms with Gasteiger partial charge < -0.3 is 10.6 Å². The highest BCUT2D eigenvalue weighted by atomic mass is 16.2. The maximum absolute atomic E-state index is 12.4. The Kier molecular flexibility index (Phi) is 6.03. The second kappa shape index (κ2) is 7.29. The molecule has 0 fully saturated rings. The summed E-state index contributed by atoms with van der Waals surface area (Å²) in [5, 5.41) is 0. The van der Waals surface area contributed by atoms with Crippen molar-refractivity contribution in [2.45, 2.75) is 52.7 Å². The summed E-state index contributed by atoms with van der Waals surface area (Å²) < 4.78 is 0. The van der Waals surface area contributed by atoms with Gasteiger partial charge in [0.25, 0.3) is 0 Å². The van der Waals surface area contributed by atoms with Crippen LogP contribution in [0.4, 0.5) is 0 Å². The Morgan fingerprint density at radius 1 is 1.16 bits per heavy atom. The Morgan fingerprint density at radius 3 is 2.21 bits per heavy atom. The summed E-state index contributed by atoms with van der Waals surface area (Å²) in [5.74, 6) is 0.484. The monoisotopic (exact) mass is 262 g/mol. The predicted octanol–water partition coefficient (Wildman–Crippen LogP) is 2.80. The van der Waals surface area contributed by atoms with Crippen molar-refractivity contribution in [3.05, 3.63) is 35.9 Å². The van der Waals surface area contributed by atoms with E-state index in [1.54, 1.807) is 0 Å². The summed E-state index contributed by atoms with van der Waals surface area (Å²) >= 11 is 0. The number of carbonyl (C=O) groups excluding carboxylic acids is 1. The number of benzene rings is 1. The van der Waals surface area contributed by atoms with Crippen molar-refractivity contribution in [1.82, 2.24) is 4.90 Å². The van der Waals surface area contributed by atoms with E-state index in [4.69, 9.17) is 5.73 Å². The van der Waals surface area contributed by atoms with Gasteiger partial charge in [0.15, 0.2) is 0 Å². The quantitative estimate of drug-likeness (QED) is 0.857. The first-order valence-electron chi connectivity index (χ1n) is 7.01. The maximum atomic E-state index is 12.4. The third-order valence-corrected chi connectivity index (χ3v) is 3.14. The van der Waals surface area contributed by atoms with E-state index in [1.807, 2.05) is 49.1 Å². The summed E-state index contributed by atoms with van der Waals surface area (Å²) in [5.41, 5.74) is 7.16. The minimum absolute atomic E-state index is 0.0487.